The zero-order chi connectivity index (χ0) is 15.3. The fraction of sp³-hybridized carbons (Fsp3) is 0.467. The van der Waals surface area contributed by atoms with E-state index in [1.165, 1.54) is 6.92 Å². The van der Waals surface area contributed by atoms with Crippen LogP contribution in [0.25, 0.3) is 0 Å². The second-order valence-corrected chi connectivity index (χ2v) is 5.47. The number of carbonyl (C=O) groups is 2. The SMILES string of the molecule is Cc1ccccc1OCC(C)(C)C(=O)NC(C)C(=O)O. The monoisotopic (exact) mass is 279 g/mol. The maximum atomic E-state index is 12.0. The van der Waals surface area contributed by atoms with Crippen molar-refractivity contribution in [3.05, 3.63) is 29.8 Å². The van der Waals surface area contributed by atoms with Crippen molar-refractivity contribution in [2.24, 2.45) is 5.41 Å². The summed E-state index contributed by atoms with van der Waals surface area (Å²) in [7, 11) is 0. The lowest BCUT2D eigenvalue weighted by Gasteiger charge is -2.25. The molecule has 0 aliphatic heterocycles. The van der Waals surface area contributed by atoms with Gasteiger partial charge in [0, 0.05) is 0 Å². The van der Waals surface area contributed by atoms with Gasteiger partial charge in [-0.15, -0.1) is 0 Å². The van der Waals surface area contributed by atoms with Crippen LogP contribution < -0.4 is 10.1 Å². The number of para-hydroxylation sites is 1. The van der Waals surface area contributed by atoms with E-state index in [4.69, 9.17) is 9.84 Å². The summed E-state index contributed by atoms with van der Waals surface area (Å²) < 4.78 is 5.66. The van der Waals surface area contributed by atoms with Crippen LogP contribution in [0.2, 0.25) is 0 Å². The molecular formula is C15H21NO4. The molecule has 0 fully saturated rings. The number of aliphatic carboxylic acids is 1. The maximum Gasteiger partial charge on any atom is 0.325 e. The van der Waals surface area contributed by atoms with Crippen LogP contribution in [0.5, 0.6) is 5.75 Å². The van der Waals surface area contributed by atoms with E-state index in [0.29, 0.717) is 0 Å². The number of hydrogen-bond donors (Lipinski definition) is 2. The Morgan fingerprint density at radius 3 is 2.50 bits per heavy atom. The molecule has 1 atom stereocenters. The van der Waals surface area contributed by atoms with Crippen LogP contribution in [0.4, 0.5) is 0 Å². The van der Waals surface area contributed by atoms with Gasteiger partial charge in [-0.1, -0.05) is 18.2 Å². The molecule has 0 saturated carbocycles. The summed E-state index contributed by atoms with van der Waals surface area (Å²) in [6.07, 6.45) is 0. The zero-order valence-corrected chi connectivity index (χ0v) is 12.3. The maximum absolute atomic E-state index is 12.0. The average Bonchev–Trinajstić information content (AvgIpc) is 2.37. The van der Waals surface area contributed by atoms with Gasteiger partial charge in [-0.2, -0.15) is 0 Å². The van der Waals surface area contributed by atoms with Crippen LogP contribution in [-0.2, 0) is 9.59 Å². The number of carboxylic acid groups (broad SMARTS) is 1. The van der Waals surface area contributed by atoms with E-state index in [1.54, 1.807) is 13.8 Å². The summed E-state index contributed by atoms with van der Waals surface area (Å²) >= 11 is 0. The molecule has 0 radical (unpaired) electrons. The number of carbonyl (C=O) groups excluding carboxylic acids is 1. The van der Waals surface area contributed by atoms with E-state index < -0.39 is 17.4 Å². The van der Waals surface area contributed by atoms with Crippen molar-refractivity contribution < 1.29 is 19.4 Å². The molecule has 5 heteroatoms. The summed E-state index contributed by atoms with van der Waals surface area (Å²) in [5.74, 6) is -0.686. The van der Waals surface area contributed by atoms with Crippen LogP contribution in [0.3, 0.4) is 0 Å². The number of rotatable bonds is 6. The Kier molecular flexibility index (Phi) is 5.13. The van der Waals surface area contributed by atoms with Gasteiger partial charge >= 0.3 is 5.97 Å². The van der Waals surface area contributed by atoms with Gasteiger partial charge in [-0.25, -0.2) is 0 Å². The van der Waals surface area contributed by atoms with Crippen LogP contribution in [-0.4, -0.2) is 29.6 Å². The molecule has 20 heavy (non-hydrogen) atoms. The first-order chi connectivity index (χ1) is 9.24. The fourth-order valence-corrected chi connectivity index (χ4v) is 1.50. The molecule has 0 heterocycles. The average molecular weight is 279 g/mol. The summed E-state index contributed by atoms with van der Waals surface area (Å²) in [6, 6.07) is 6.62. The Labute approximate surface area is 118 Å². The lowest BCUT2D eigenvalue weighted by Crippen LogP contribution is -2.47. The van der Waals surface area contributed by atoms with E-state index in [0.717, 1.165) is 11.3 Å². The number of ether oxygens (including phenoxy) is 1. The predicted molar refractivity (Wildman–Crippen MR) is 75.7 cm³/mol. The first kappa shape index (κ1) is 16.0. The minimum atomic E-state index is -1.06. The van der Waals surface area contributed by atoms with Crippen molar-refractivity contribution in [3.8, 4) is 5.75 Å². The molecule has 0 aromatic heterocycles. The van der Waals surface area contributed by atoms with E-state index in [-0.39, 0.29) is 12.5 Å². The number of aryl methyl sites for hydroxylation is 1. The van der Waals surface area contributed by atoms with Gasteiger partial charge in [-0.05, 0) is 39.3 Å². The third kappa shape index (κ3) is 4.26. The minimum absolute atomic E-state index is 0.177. The number of hydrogen-bond acceptors (Lipinski definition) is 3. The molecule has 5 nitrogen and oxygen atoms in total. The molecule has 0 aliphatic rings. The molecule has 1 unspecified atom stereocenters. The van der Waals surface area contributed by atoms with E-state index in [2.05, 4.69) is 5.32 Å². The Hall–Kier alpha value is -2.04. The number of benzene rings is 1. The molecule has 1 aromatic rings. The van der Waals surface area contributed by atoms with Gasteiger partial charge in [-0.3, -0.25) is 9.59 Å². The van der Waals surface area contributed by atoms with Gasteiger partial charge in [0.2, 0.25) is 5.91 Å². The quantitative estimate of drug-likeness (QED) is 0.835. The molecule has 110 valence electrons. The standard InChI is InChI=1S/C15H21NO4/c1-10-7-5-6-8-12(10)20-9-15(3,4)14(19)16-11(2)13(17)18/h5-8,11H,9H2,1-4H3,(H,16,19)(H,17,18). The van der Waals surface area contributed by atoms with Crippen molar-refractivity contribution in [2.75, 3.05) is 6.61 Å². The Bertz CT molecular complexity index is 496. The Morgan fingerprint density at radius 2 is 1.95 bits per heavy atom. The van der Waals surface area contributed by atoms with Crippen LogP contribution in [0, 0.1) is 12.3 Å². The molecule has 0 bridgehead atoms. The number of carboxylic acids is 1. The molecular weight excluding hydrogens is 258 g/mol. The summed E-state index contributed by atoms with van der Waals surface area (Å²) in [6.45, 7) is 6.97. The number of nitrogens with one attached hydrogen (secondary N) is 1. The van der Waals surface area contributed by atoms with Gasteiger partial charge < -0.3 is 15.2 Å². The van der Waals surface area contributed by atoms with Gasteiger partial charge in [0.15, 0.2) is 0 Å². The molecule has 1 aromatic carbocycles. The zero-order valence-electron chi connectivity index (χ0n) is 12.3. The molecule has 0 aliphatic carbocycles. The van der Waals surface area contributed by atoms with E-state index >= 15 is 0 Å². The minimum Gasteiger partial charge on any atom is -0.492 e. The molecule has 2 N–H and O–H groups in total. The Morgan fingerprint density at radius 1 is 1.35 bits per heavy atom. The topological polar surface area (TPSA) is 75.6 Å². The second kappa shape index (κ2) is 6.41. The molecule has 0 spiro atoms. The van der Waals surface area contributed by atoms with Gasteiger partial charge in [0.1, 0.15) is 18.4 Å². The van der Waals surface area contributed by atoms with Crippen LogP contribution in [0.15, 0.2) is 24.3 Å². The van der Waals surface area contributed by atoms with E-state index in [1.807, 2.05) is 31.2 Å². The van der Waals surface area contributed by atoms with Gasteiger partial charge in [0.05, 0.1) is 5.41 Å². The van der Waals surface area contributed by atoms with Gasteiger partial charge in [0.25, 0.3) is 0 Å². The first-order valence-electron chi connectivity index (χ1n) is 6.46. The highest BCUT2D eigenvalue weighted by atomic mass is 16.5. The van der Waals surface area contributed by atoms with Crippen molar-refractivity contribution >= 4 is 11.9 Å². The Balaban J connectivity index is 2.63. The van der Waals surface area contributed by atoms with E-state index in [9.17, 15) is 9.59 Å². The van der Waals surface area contributed by atoms with Crippen molar-refractivity contribution in [1.82, 2.24) is 5.32 Å². The highest BCUT2D eigenvalue weighted by molar-refractivity contribution is 5.86. The lowest BCUT2D eigenvalue weighted by atomic mass is 9.93. The normalized spacial score (nSPS) is 12.6. The van der Waals surface area contributed by atoms with Crippen LogP contribution in [0.1, 0.15) is 26.3 Å². The fourth-order valence-electron chi connectivity index (χ4n) is 1.50. The predicted octanol–water partition coefficient (Wildman–Crippen LogP) is 1.99. The highest BCUT2D eigenvalue weighted by Gasteiger charge is 2.31. The largest absolute Gasteiger partial charge is 0.492 e. The second-order valence-electron chi connectivity index (χ2n) is 5.47. The molecule has 1 amide bonds. The first-order valence-corrected chi connectivity index (χ1v) is 6.46. The third-order valence-electron chi connectivity index (χ3n) is 3.01. The molecule has 0 saturated heterocycles. The van der Waals surface area contributed by atoms with Crippen molar-refractivity contribution in [1.29, 1.82) is 0 Å². The van der Waals surface area contributed by atoms with Crippen molar-refractivity contribution in [2.45, 2.75) is 33.7 Å². The van der Waals surface area contributed by atoms with Crippen LogP contribution >= 0.6 is 0 Å². The summed E-state index contributed by atoms with van der Waals surface area (Å²) in [4.78, 5) is 22.8. The number of amides is 1. The summed E-state index contributed by atoms with van der Waals surface area (Å²) in [5.41, 5.74) is 0.175. The molecule has 1 rings (SSSR count). The lowest BCUT2D eigenvalue weighted by molar-refractivity contribution is -0.143. The summed E-state index contributed by atoms with van der Waals surface area (Å²) in [5, 5.41) is 11.2. The smallest absolute Gasteiger partial charge is 0.325 e. The third-order valence-corrected chi connectivity index (χ3v) is 3.01. The highest BCUT2D eigenvalue weighted by Crippen LogP contribution is 2.21. The van der Waals surface area contributed by atoms with Crippen molar-refractivity contribution in [3.63, 3.8) is 0 Å².